The molecule has 104 valence electrons. The number of benzene rings is 1. The second-order valence-corrected chi connectivity index (χ2v) is 5.11. The normalized spacial score (nSPS) is 12.8. The van der Waals surface area contributed by atoms with Gasteiger partial charge in [-0.15, -0.1) is 0 Å². The first-order valence-electron chi connectivity index (χ1n) is 6.24. The fourth-order valence-electron chi connectivity index (χ4n) is 1.56. The van der Waals surface area contributed by atoms with Crippen molar-refractivity contribution in [2.24, 2.45) is 11.5 Å². The molecule has 0 saturated carbocycles. The molecule has 2 amide bonds. The maximum Gasteiger partial charge on any atom is 0.242 e. The van der Waals surface area contributed by atoms with Gasteiger partial charge in [-0.25, -0.2) is 0 Å². The van der Waals surface area contributed by atoms with Crippen LogP contribution < -0.4 is 16.8 Å². The lowest BCUT2D eigenvalue weighted by Crippen LogP contribution is -2.56. The number of primary amides is 1. The summed E-state index contributed by atoms with van der Waals surface area (Å²) in [6.45, 7) is 3.11. The first kappa shape index (κ1) is 15.2. The van der Waals surface area contributed by atoms with Crippen LogP contribution >= 0.6 is 0 Å². The van der Waals surface area contributed by atoms with E-state index < -0.39 is 17.5 Å². The number of rotatable bonds is 6. The molecule has 19 heavy (non-hydrogen) atoms. The summed E-state index contributed by atoms with van der Waals surface area (Å²) < 4.78 is 0. The van der Waals surface area contributed by atoms with Crippen molar-refractivity contribution in [2.75, 3.05) is 0 Å². The van der Waals surface area contributed by atoms with E-state index in [4.69, 9.17) is 11.5 Å². The van der Waals surface area contributed by atoms with Crippen LogP contribution in [-0.2, 0) is 16.0 Å². The number of aryl methyl sites for hydroxylation is 1. The molecule has 0 aliphatic heterocycles. The molecule has 0 heterocycles. The summed E-state index contributed by atoms with van der Waals surface area (Å²) in [6, 6.07) is 9.13. The van der Waals surface area contributed by atoms with Gasteiger partial charge in [0.25, 0.3) is 0 Å². The summed E-state index contributed by atoms with van der Waals surface area (Å²) in [5.41, 5.74) is 11.0. The van der Waals surface area contributed by atoms with E-state index in [2.05, 4.69) is 5.32 Å². The molecule has 0 fully saturated rings. The van der Waals surface area contributed by atoms with Gasteiger partial charge in [-0.2, -0.15) is 0 Å². The quantitative estimate of drug-likeness (QED) is 0.689. The first-order valence-corrected chi connectivity index (χ1v) is 6.24. The molecule has 0 saturated heterocycles. The molecule has 5 nitrogen and oxygen atoms in total. The molecule has 1 rings (SSSR count). The van der Waals surface area contributed by atoms with Gasteiger partial charge in [-0.1, -0.05) is 30.3 Å². The van der Waals surface area contributed by atoms with Crippen molar-refractivity contribution in [1.29, 1.82) is 0 Å². The Balaban J connectivity index is 2.48. The molecule has 1 unspecified atom stereocenters. The van der Waals surface area contributed by atoms with Crippen molar-refractivity contribution in [3.05, 3.63) is 35.9 Å². The molecule has 0 spiro atoms. The second-order valence-electron chi connectivity index (χ2n) is 5.11. The molecule has 0 radical (unpaired) electrons. The minimum atomic E-state index is -1.08. The molecule has 1 aromatic rings. The average molecular weight is 263 g/mol. The predicted octanol–water partition coefficient (Wildman–Crippen LogP) is 0.327. The van der Waals surface area contributed by atoms with E-state index in [0.717, 1.165) is 5.56 Å². The van der Waals surface area contributed by atoms with Crippen LogP contribution in [0.25, 0.3) is 0 Å². The van der Waals surface area contributed by atoms with E-state index in [1.54, 1.807) is 13.8 Å². The first-order chi connectivity index (χ1) is 8.83. The van der Waals surface area contributed by atoms with E-state index in [-0.39, 0.29) is 5.91 Å². The third kappa shape index (κ3) is 4.71. The molecule has 1 aromatic carbocycles. The Morgan fingerprint density at radius 2 is 1.84 bits per heavy atom. The van der Waals surface area contributed by atoms with Crippen LogP contribution in [0.15, 0.2) is 30.3 Å². The summed E-state index contributed by atoms with van der Waals surface area (Å²) in [4.78, 5) is 23.0. The Morgan fingerprint density at radius 1 is 1.26 bits per heavy atom. The van der Waals surface area contributed by atoms with E-state index in [1.165, 1.54) is 0 Å². The standard InChI is InChI=1S/C14H21N3O2/c1-14(2,13(16)19)17-12(18)11(15)9-8-10-6-4-3-5-7-10/h3-7,11H,8-9,15H2,1-2H3,(H2,16,19)(H,17,18). The van der Waals surface area contributed by atoms with Gasteiger partial charge in [0.2, 0.25) is 11.8 Å². The van der Waals surface area contributed by atoms with Gasteiger partial charge in [0.15, 0.2) is 0 Å². The molecule has 0 aromatic heterocycles. The number of carbonyl (C=O) groups excluding carboxylic acids is 2. The molecule has 0 aliphatic carbocycles. The lowest BCUT2D eigenvalue weighted by molar-refractivity contribution is -0.131. The van der Waals surface area contributed by atoms with E-state index in [1.807, 2.05) is 30.3 Å². The third-order valence-electron chi connectivity index (χ3n) is 2.98. The summed E-state index contributed by atoms with van der Waals surface area (Å²) in [6.07, 6.45) is 1.23. The van der Waals surface area contributed by atoms with Crippen molar-refractivity contribution < 1.29 is 9.59 Å². The zero-order chi connectivity index (χ0) is 14.5. The number of nitrogens with one attached hydrogen (secondary N) is 1. The Labute approximate surface area is 113 Å². The van der Waals surface area contributed by atoms with Crippen molar-refractivity contribution >= 4 is 11.8 Å². The predicted molar refractivity (Wildman–Crippen MR) is 74.2 cm³/mol. The zero-order valence-corrected chi connectivity index (χ0v) is 11.3. The second kappa shape index (κ2) is 6.33. The fourth-order valence-corrected chi connectivity index (χ4v) is 1.56. The summed E-state index contributed by atoms with van der Waals surface area (Å²) in [5, 5.41) is 2.55. The van der Waals surface area contributed by atoms with Crippen molar-refractivity contribution in [2.45, 2.75) is 38.3 Å². The van der Waals surface area contributed by atoms with Gasteiger partial charge < -0.3 is 16.8 Å². The van der Waals surface area contributed by atoms with Gasteiger partial charge in [0.05, 0.1) is 6.04 Å². The Hall–Kier alpha value is -1.88. The van der Waals surface area contributed by atoms with Crippen LogP contribution in [0.1, 0.15) is 25.8 Å². The highest BCUT2D eigenvalue weighted by Crippen LogP contribution is 2.06. The van der Waals surface area contributed by atoms with Crippen LogP contribution in [0.5, 0.6) is 0 Å². The highest BCUT2D eigenvalue weighted by molar-refractivity contribution is 5.91. The Kier molecular flexibility index (Phi) is 5.06. The SMILES string of the molecule is CC(C)(NC(=O)C(N)CCc1ccccc1)C(N)=O. The highest BCUT2D eigenvalue weighted by Gasteiger charge is 2.28. The van der Waals surface area contributed by atoms with Crippen LogP contribution in [0.2, 0.25) is 0 Å². The zero-order valence-electron chi connectivity index (χ0n) is 11.3. The number of nitrogens with two attached hydrogens (primary N) is 2. The van der Waals surface area contributed by atoms with Gasteiger partial charge in [-0.05, 0) is 32.3 Å². The minimum Gasteiger partial charge on any atom is -0.368 e. The van der Waals surface area contributed by atoms with Crippen molar-refractivity contribution in [3.8, 4) is 0 Å². The molecule has 5 heteroatoms. The van der Waals surface area contributed by atoms with Crippen LogP contribution in [-0.4, -0.2) is 23.4 Å². The van der Waals surface area contributed by atoms with Crippen LogP contribution in [0, 0.1) is 0 Å². The smallest absolute Gasteiger partial charge is 0.242 e. The Bertz CT molecular complexity index is 443. The molecule has 0 bridgehead atoms. The average Bonchev–Trinajstić information content (AvgIpc) is 2.36. The van der Waals surface area contributed by atoms with Crippen molar-refractivity contribution in [3.63, 3.8) is 0 Å². The number of hydrogen-bond acceptors (Lipinski definition) is 3. The van der Waals surface area contributed by atoms with E-state index >= 15 is 0 Å². The fraction of sp³-hybridized carbons (Fsp3) is 0.429. The van der Waals surface area contributed by atoms with Gasteiger partial charge in [-0.3, -0.25) is 9.59 Å². The lowest BCUT2D eigenvalue weighted by Gasteiger charge is -2.24. The number of amides is 2. The maximum atomic E-state index is 11.8. The topological polar surface area (TPSA) is 98.2 Å². The van der Waals surface area contributed by atoms with Gasteiger partial charge >= 0.3 is 0 Å². The minimum absolute atomic E-state index is 0.361. The molecule has 1 atom stereocenters. The largest absolute Gasteiger partial charge is 0.368 e. The Morgan fingerprint density at radius 3 is 2.37 bits per heavy atom. The van der Waals surface area contributed by atoms with Crippen LogP contribution in [0.3, 0.4) is 0 Å². The number of hydrogen-bond donors (Lipinski definition) is 3. The van der Waals surface area contributed by atoms with E-state index in [0.29, 0.717) is 12.8 Å². The lowest BCUT2D eigenvalue weighted by atomic mass is 10.0. The molecule has 5 N–H and O–H groups in total. The maximum absolute atomic E-state index is 11.8. The number of carbonyl (C=O) groups is 2. The summed E-state index contributed by atoms with van der Waals surface area (Å²) in [5.74, 6) is -0.948. The van der Waals surface area contributed by atoms with Crippen LogP contribution in [0.4, 0.5) is 0 Å². The van der Waals surface area contributed by atoms with Crippen molar-refractivity contribution in [1.82, 2.24) is 5.32 Å². The van der Waals surface area contributed by atoms with Gasteiger partial charge in [0.1, 0.15) is 5.54 Å². The molecular formula is C14H21N3O2. The molecule has 0 aliphatic rings. The van der Waals surface area contributed by atoms with Gasteiger partial charge in [0, 0.05) is 0 Å². The highest BCUT2D eigenvalue weighted by atomic mass is 16.2. The third-order valence-corrected chi connectivity index (χ3v) is 2.98. The summed E-state index contributed by atoms with van der Waals surface area (Å²) >= 11 is 0. The monoisotopic (exact) mass is 263 g/mol. The molecular weight excluding hydrogens is 242 g/mol. The summed E-state index contributed by atoms with van der Waals surface area (Å²) in [7, 11) is 0. The van der Waals surface area contributed by atoms with E-state index in [9.17, 15) is 9.59 Å².